The highest BCUT2D eigenvalue weighted by Crippen LogP contribution is 2.26. The van der Waals surface area contributed by atoms with Gasteiger partial charge >= 0.3 is 5.97 Å². The molecule has 0 saturated carbocycles. The van der Waals surface area contributed by atoms with E-state index in [0.29, 0.717) is 24.5 Å². The zero-order valence-electron chi connectivity index (χ0n) is 15.7. The molecule has 1 aromatic rings. The van der Waals surface area contributed by atoms with Crippen molar-refractivity contribution in [3.05, 3.63) is 72.3 Å². The van der Waals surface area contributed by atoms with Crippen molar-refractivity contribution in [3.63, 3.8) is 0 Å². The van der Waals surface area contributed by atoms with E-state index in [1.165, 1.54) is 0 Å². The lowest BCUT2D eigenvalue weighted by Crippen LogP contribution is -2.39. The molecule has 0 unspecified atom stereocenters. The average Bonchev–Trinajstić information content (AvgIpc) is 2.64. The Labute approximate surface area is 166 Å². The highest BCUT2D eigenvalue weighted by atomic mass is 35.5. The minimum atomic E-state index is -0.402. The van der Waals surface area contributed by atoms with Gasteiger partial charge in [-0.15, -0.1) is 13.2 Å². The Hall–Kier alpha value is -1.88. The van der Waals surface area contributed by atoms with Crippen molar-refractivity contribution < 1.29 is 19.0 Å². The van der Waals surface area contributed by atoms with E-state index < -0.39 is 6.10 Å². The first-order valence-corrected chi connectivity index (χ1v) is 9.57. The minimum Gasteiger partial charge on any atom is -0.457 e. The molecule has 1 aromatic carbocycles. The van der Waals surface area contributed by atoms with Gasteiger partial charge in [0, 0.05) is 18.1 Å². The molecule has 1 heterocycles. The third-order valence-corrected chi connectivity index (χ3v) is 4.51. The monoisotopic (exact) mass is 390 g/mol. The fourth-order valence-corrected chi connectivity index (χ4v) is 3.10. The van der Waals surface area contributed by atoms with E-state index in [1.807, 2.05) is 31.2 Å². The van der Waals surface area contributed by atoms with E-state index in [4.69, 9.17) is 25.8 Å². The number of carbonyl (C=O) groups excluding carboxylic acids is 1. The maximum absolute atomic E-state index is 12.6. The SMILES string of the molecule is C=CC[C@@H]1C=C[C@H](OCC)[C@@H](CC(=O)O[C@H](CC=C)c2ccc(Cl)cc2)O1. The second-order valence-corrected chi connectivity index (χ2v) is 6.74. The van der Waals surface area contributed by atoms with E-state index in [1.54, 1.807) is 24.3 Å². The van der Waals surface area contributed by atoms with Gasteiger partial charge in [0.1, 0.15) is 12.2 Å². The zero-order chi connectivity index (χ0) is 19.6. The number of carbonyl (C=O) groups is 1. The Bertz CT molecular complexity index is 653. The summed E-state index contributed by atoms with van der Waals surface area (Å²) in [6, 6.07) is 7.27. The molecule has 0 spiro atoms. The number of esters is 1. The molecule has 5 heteroatoms. The molecule has 1 aliphatic rings. The van der Waals surface area contributed by atoms with Crippen LogP contribution in [0.25, 0.3) is 0 Å². The minimum absolute atomic E-state index is 0.0998. The van der Waals surface area contributed by atoms with Crippen molar-refractivity contribution in [2.45, 2.75) is 50.6 Å². The van der Waals surface area contributed by atoms with Gasteiger partial charge in [0.15, 0.2) is 0 Å². The molecule has 0 saturated heterocycles. The van der Waals surface area contributed by atoms with Gasteiger partial charge < -0.3 is 14.2 Å². The van der Waals surface area contributed by atoms with Crippen LogP contribution in [-0.4, -0.2) is 30.9 Å². The number of halogens is 1. The van der Waals surface area contributed by atoms with Gasteiger partial charge in [-0.2, -0.15) is 0 Å². The number of rotatable bonds is 10. The van der Waals surface area contributed by atoms with Gasteiger partial charge in [0.05, 0.1) is 18.6 Å². The summed E-state index contributed by atoms with van der Waals surface area (Å²) in [5, 5.41) is 0.637. The van der Waals surface area contributed by atoms with Crippen molar-refractivity contribution in [1.82, 2.24) is 0 Å². The second kappa shape index (κ2) is 11.1. The second-order valence-electron chi connectivity index (χ2n) is 6.30. The Kier molecular flexibility index (Phi) is 8.79. The van der Waals surface area contributed by atoms with Gasteiger partial charge in [-0.3, -0.25) is 4.79 Å². The van der Waals surface area contributed by atoms with E-state index in [2.05, 4.69) is 13.2 Å². The quantitative estimate of drug-likeness (QED) is 0.407. The molecule has 4 atom stereocenters. The van der Waals surface area contributed by atoms with Crippen LogP contribution in [0.5, 0.6) is 0 Å². The van der Waals surface area contributed by atoms with Crippen LogP contribution in [-0.2, 0) is 19.0 Å². The lowest BCUT2D eigenvalue weighted by atomic mass is 10.0. The van der Waals surface area contributed by atoms with E-state index in [-0.39, 0.29) is 30.7 Å². The molecule has 0 aromatic heterocycles. The first-order valence-electron chi connectivity index (χ1n) is 9.19. The summed E-state index contributed by atoms with van der Waals surface area (Å²) >= 11 is 5.94. The van der Waals surface area contributed by atoms with Gasteiger partial charge in [-0.05, 0) is 31.0 Å². The van der Waals surface area contributed by atoms with Crippen molar-refractivity contribution in [3.8, 4) is 0 Å². The number of hydrogen-bond acceptors (Lipinski definition) is 4. The van der Waals surface area contributed by atoms with Crippen LogP contribution in [0, 0.1) is 0 Å². The van der Waals surface area contributed by atoms with Crippen molar-refractivity contribution in [1.29, 1.82) is 0 Å². The molecule has 1 aliphatic heterocycles. The first kappa shape index (κ1) is 21.4. The van der Waals surface area contributed by atoms with Crippen LogP contribution < -0.4 is 0 Å². The van der Waals surface area contributed by atoms with Crippen LogP contribution in [0.4, 0.5) is 0 Å². The maximum atomic E-state index is 12.6. The summed E-state index contributed by atoms with van der Waals surface area (Å²) in [5.74, 6) is -0.334. The molecule has 4 nitrogen and oxygen atoms in total. The van der Waals surface area contributed by atoms with Crippen LogP contribution in [0.2, 0.25) is 5.02 Å². The Balaban J connectivity index is 2.03. The largest absolute Gasteiger partial charge is 0.457 e. The summed E-state index contributed by atoms with van der Waals surface area (Å²) in [7, 11) is 0. The Morgan fingerprint density at radius 2 is 2.00 bits per heavy atom. The number of hydrogen-bond donors (Lipinski definition) is 0. The molecule has 27 heavy (non-hydrogen) atoms. The normalized spacial score (nSPS) is 22.8. The predicted octanol–water partition coefficient (Wildman–Crippen LogP) is 5.20. The summed E-state index contributed by atoms with van der Waals surface area (Å²) < 4.78 is 17.4. The van der Waals surface area contributed by atoms with Crippen molar-refractivity contribution in [2.24, 2.45) is 0 Å². The molecular weight excluding hydrogens is 364 g/mol. The van der Waals surface area contributed by atoms with E-state index in [0.717, 1.165) is 5.56 Å². The highest BCUT2D eigenvalue weighted by Gasteiger charge is 2.30. The maximum Gasteiger partial charge on any atom is 0.309 e. The van der Waals surface area contributed by atoms with Crippen LogP contribution >= 0.6 is 11.6 Å². The summed E-state index contributed by atoms with van der Waals surface area (Å²) in [5.41, 5.74) is 0.878. The third-order valence-electron chi connectivity index (χ3n) is 4.25. The third kappa shape index (κ3) is 6.65. The lowest BCUT2D eigenvalue weighted by Gasteiger charge is -2.31. The summed E-state index contributed by atoms with van der Waals surface area (Å²) in [6.45, 7) is 9.95. The lowest BCUT2D eigenvalue weighted by molar-refractivity contribution is -0.157. The van der Waals surface area contributed by atoms with Crippen LogP contribution in [0.1, 0.15) is 37.9 Å². The number of benzene rings is 1. The van der Waals surface area contributed by atoms with Crippen molar-refractivity contribution >= 4 is 17.6 Å². The van der Waals surface area contributed by atoms with E-state index >= 15 is 0 Å². The molecule has 0 fully saturated rings. The summed E-state index contributed by atoms with van der Waals surface area (Å²) in [4.78, 5) is 12.6. The first-order chi connectivity index (χ1) is 13.1. The molecule has 0 aliphatic carbocycles. The number of ether oxygens (including phenoxy) is 3. The molecule has 2 rings (SSSR count). The molecular formula is C22H27ClO4. The highest BCUT2D eigenvalue weighted by molar-refractivity contribution is 6.30. The van der Waals surface area contributed by atoms with E-state index in [9.17, 15) is 4.79 Å². The van der Waals surface area contributed by atoms with Gasteiger partial charge in [0.25, 0.3) is 0 Å². The topological polar surface area (TPSA) is 44.8 Å². The smallest absolute Gasteiger partial charge is 0.309 e. The molecule has 0 N–H and O–H groups in total. The van der Waals surface area contributed by atoms with Crippen LogP contribution in [0.3, 0.4) is 0 Å². The standard InChI is InChI=1S/C22H27ClO4/c1-4-7-18-13-14-20(25-6-3)21(26-18)15-22(24)27-19(8-5-2)16-9-11-17(23)12-10-16/h4-5,9-14,18-21H,1-2,6-8,15H2,3H3/t18-,19-,20+,21-/m1/s1. The average molecular weight is 391 g/mol. The molecule has 146 valence electrons. The summed E-state index contributed by atoms with van der Waals surface area (Å²) in [6.07, 6.45) is 7.61. The van der Waals surface area contributed by atoms with Gasteiger partial charge in [-0.25, -0.2) is 0 Å². The van der Waals surface area contributed by atoms with Gasteiger partial charge in [-0.1, -0.05) is 48.0 Å². The fourth-order valence-electron chi connectivity index (χ4n) is 2.97. The Morgan fingerprint density at radius 3 is 2.63 bits per heavy atom. The molecule has 0 amide bonds. The predicted molar refractivity (Wildman–Crippen MR) is 108 cm³/mol. The fraction of sp³-hybridized carbons (Fsp3) is 0.409. The molecule has 0 bridgehead atoms. The molecule has 0 radical (unpaired) electrons. The Morgan fingerprint density at radius 1 is 1.26 bits per heavy atom. The van der Waals surface area contributed by atoms with Crippen molar-refractivity contribution in [2.75, 3.05) is 6.61 Å². The van der Waals surface area contributed by atoms with Gasteiger partial charge in [0.2, 0.25) is 0 Å². The van der Waals surface area contributed by atoms with Crippen LogP contribution in [0.15, 0.2) is 61.7 Å². The zero-order valence-corrected chi connectivity index (χ0v) is 16.4.